The highest BCUT2D eigenvalue weighted by molar-refractivity contribution is 5.45. The summed E-state index contributed by atoms with van der Waals surface area (Å²) in [5.41, 5.74) is 5.00. The third-order valence-electron chi connectivity index (χ3n) is 6.29. The van der Waals surface area contributed by atoms with Crippen molar-refractivity contribution in [3.05, 3.63) is 101 Å². The molecule has 0 aromatic heterocycles. The van der Waals surface area contributed by atoms with Gasteiger partial charge in [0.1, 0.15) is 12.4 Å². The number of nitrogens with zero attached hydrogens (tertiary/aromatic N) is 1. The summed E-state index contributed by atoms with van der Waals surface area (Å²) in [5.74, 6) is 1.32. The molecule has 0 amide bonds. The highest BCUT2D eigenvalue weighted by Crippen LogP contribution is 2.46. The van der Waals surface area contributed by atoms with Crippen molar-refractivity contribution in [3.63, 3.8) is 0 Å². The van der Waals surface area contributed by atoms with Gasteiger partial charge in [-0.2, -0.15) is 0 Å². The summed E-state index contributed by atoms with van der Waals surface area (Å²) in [4.78, 5) is 2.52. The Balaban J connectivity index is 1.36. The van der Waals surface area contributed by atoms with Crippen molar-refractivity contribution in [3.8, 4) is 5.75 Å². The Hall–Kier alpha value is -2.62. The Bertz CT molecular complexity index is 973. The van der Waals surface area contributed by atoms with Gasteiger partial charge in [0.2, 0.25) is 0 Å². The van der Waals surface area contributed by atoms with Crippen LogP contribution in [0.5, 0.6) is 5.75 Å². The van der Waals surface area contributed by atoms with Crippen molar-refractivity contribution in [2.24, 2.45) is 0 Å². The minimum Gasteiger partial charge on any atom is -0.489 e. The van der Waals surface area contributed by atoms with E-state index in [1.54, 1.807) is 0 Å². The van der Waals surface area contributed by atoms with Gasteiger partial charge in [-0.15, -0.1) is 0 Å². The van der Waals surface area contributed by atoms with Gasteiger partial charge in [-0.1, -0.05) is 72.8 Å². The highest BCUT2D eigenvalue weighted by atomic mass is 16.5. The van der Waals surface area contributed by atoms with Crippen molar-refractivity contribution in [1.29, 1.82) is 0 Å². The van der Waals surface area contributed by atoms with E-state index in [1.165, 1.54) is 22.3 Å². The second-order valence-electron chi connectivity index (χ2n) is 8.41. The predicted molar refractivity (Wildman–Crippen MR) is 115 cm³/mol. The van der Waals surface area contributed by atoms with Crippen LogP contribution in [0, 0.1) is 0 Å². The average Bonchev–Trinajstić information content (AvgIpc) is 3.10. The van der Waals surface area contributed by atoms with Gasteiger partial charge in [0, 0.05) is 31.1 Å². The van der Waals surface area contributed by atoms with E-state index in [0.717, 1.165) is 25.4 Å². The molecule has 3 aromatic rings. The van der Waals surface area contributed by atoms with Gasteiger partial charge in [0.05, 0.1) is 12.2 Å². The van der Waals surface area contributed by atoms with Gasteiger partial charge in [-0.05, 0) is 29.7 Å². The largest absolute Gasteiger partial charge is 0.489 e. The fourth-order valence-corrected chi connectivity index (χ4v) is 4.78. The lowest BCUT2D eigenvalue weighted by Gasteiger charge is -2.37. The molecule has 2 aliphatic rings. The van der Waals surface area contributed by atoms with Gasteiger partial charge in [0.25, 0.3) is 0 Å². The molecule has 1 fully saturated rings. The first-order valence-electron chi connectivity index (χ1n) is 10.4. The first kappa shape index (κ1) is 18.4. The summed E-state index contributed by atoms with van der Waals surface area (Å²) in [7, 11) is 0. The van der Waals surface area contributed by atoms with Crippen LogP contribution < -0.4 is 4.74 Å². The van der Waals surface area contributed by atoms with Crippen LogP contribution in [0.1, 0.15) is 35.1 Å². The minimum atomic E-state index is -0.139. The molecule has 3 aromatic carbocycles. The lowest BCUT2D eigenvalue weighted by atomic mass is 9.81. The molecule has 0 bridgehead atoms. The van der Waals surface area contributed by atoms with Crippen LogP contribution in [0.3, 0.4) is 0 Å². The second kappa shape index (κ2) is 7.66. The van der Waals surface area contributed by atoms with Gasteiger partial charge < -0.3 is 9.47 Å². The number of rotatable bonds is 5. The molecule has 0 N–H and O–H groups in total. The molecule has 0 aliphatic carbocycles. The molecular formula is C26H27NO2. The maximum Gasteiger partial charge on any atom is 0.125 e. The van der Waals surface area contributed by atoms with Crippen molar-refractivity contribution in [1.82, 2.24) is 4.90 Å². The average molecular weight is 386 g/mol. The van der Waals surface area contributed by atoms with Crippen LogP contribution in [0.15, 0.2) is 78.9 Å². The smallest absolute Gasteiger partial charge is 0.125 e. The van der Waals surface area contributed by atoms with E-state index < -0.39 is 0 Å². The maximum atomic E-state index is 6.45. The first-order chi connectivity index (χ1) is 14.2. The van der Waals surface area contributed by atoms with E-state index in [1.807, 2.05) is 18.2 Å². The van der Waals surface area contributed by atoms with Gasteiger partial charge in [-0.25, -0.2) is 0 Å². The van der Waals surface area contributed by atoms with Gasteiger partial charge in [-0.3, -0.25) is 4.90 Å². The second-order valence-corrected chi connectivity index (χ2v) is 8.41. The predicted octanol–water partition coefficient (Wildman–Crippen LogP) is 5.15. The normalized spacial score (nSPS) is 23.4. The van der Waals surface area contributed by atoms with Crippen molar-refractivity contribution in [2.75, 3.05) is 13.1 Å². The molecule has 0 spiro atoms. The molecule has 0 saturated carbocycles. The van der Waals surface area contributed by atoms with E-state index in [-0.39, 0.29) is 5.60 Å². The quantitative estimate of drug-likeness (QED) is 0.606. The lowest BCUT2D eigenvalue weighted by molar-refractivity contribution is -0.0577. The summed E-state index contributed by atoms with van der Waals surface area (Å²) in [6, 6.07) is 27.5. The van der Waals surface area contributed by atoms with E-state index in [2.05, 4.69) is 72.5 Å². The Morgan fingerprint density at radius 1 is 0.931 bits per heavy atom. The first-order valence-corrected chi connectivity index (χ1v) is 10.4. The van der Waals surface area contributed by atoms with Gasteiger partial charge in [0.15, 0.2) is 0 Å². The Labute approximate surface area is 172 Å². The number of hydrogen-bond donors (Lipinski definition) is 0. The summed E-state index contributed by atoms with van der Waals surface area (Å²) in [5, 5.41) is 0. The van der Waals surface area contributed by atoms with Crippen molar-refractivity contribution >= 4 is 0 Å². The van der Waals surface area contributed by atoms with Crippen LogP contribution in [0.2, 0.25) is 0 Å². The summed E-state index contributed by atoms with van der Waals surface area (Å²) in [6.45, 7) is 6.41. The highest BCUT2D eigenvalue weighted by Gasteiger charge is 2.48. The standard InChI is InChI=1S/C26H27NO2/c1-26-19-27(15-20-9-4-2-5-10-20)16-24(26)22-13-8-14-25(23(22)18-29-26)28-17-21-11-6-3-7-12-21/h2-14,24H,15-19H2,1H3/t24-,26+/m0/s1. The molecule has 3 heteroatoms. The maximum absolute atomic E-state index is 6.45. The zero-order valence-electron chi connectivity index (χ0n) is 16.9. The fourth-order valence-electron chi connectivity index (χ4n) is 4.78. The number of fused-ring (bicyclic) bond motifs is 3. The van der Waals surface area contributed by atoms with E-state index in [0.29, 0.717) is 19.1 Å². The molecule has 2 aliphatic heterocycles. The fraction of sp³-hybridized carbons (Fsp3) is 0.308. The molecular weight excluding hydrogens is 358 g/mol. The Kier molecular flexibility index (Phi) is 4.86. The molecule has 148 valence electrons. The molecule has 2 heterocycles. The van der Waals surface area contributed by atoms with E-state index in [4.69, 9.17) is 9.47 Å². The molecule has 2 atom stereocenters. The number of benzene rings is 3. The number of likely N-dealkylation sites (tertiary alicyclic amines) is 1. The molecule has 0 radical (unpaired) electrons. The van der Waals surface area contributed by atoms with Crippen LogP contribution in [-0.4, -0.2) is 23.6 Å². The monoisotopic (exact) mass is 385 g/mol. The van der Waals surface area contributed by atoms with E-state index in [9.17, 15) is 0 Å². The summed E-state index contributed by atoms with van der Waals surface area (Å²) in [6.07, 6.45) is 0. The van der Waals surface area contributed by atoms with Crippen LogP contribution in [0.4, 0.5) is 0 Å². The molecule has 1 saturated heterocycles. The topological polar surface area (TPSA) is 21.7 Å². The third-order valence-corrected chi connectivity index (χ3v) is 6.29. The van der Waals surface area contributed by atoms with E-state index >= 15 is 0 Å². The minimum absolute atomic E-state index is 0.139. The SMILES string of the molecule is C[C@@]12CN(Cc3ccccc3)C[C@H]1c1cccc(OCc3ccccc3)c1CO2. The molecule has 5 rings (SSSR count). The number of ether oxygens (including phenoxy) is 2. The Morgan fingerprint density at radius 2 is 1.66 bits per heavy atom. The third kappa shape index (κ3) is 3.68. The number of hydrogen-bond acceptors (Lipinski definition) is 3. The lowest BCUT2D eigenvalue weighted by Crippen LogP contribution is -2.40. The zero-order chi connectivity index (χ0) is 19.7. The van der Waals surface area contributed by atoms with Crippen LogP contribution in [-0.2, 0) is 24.5 Å². The molecule has 3 nitrogen and oxygen atoms in total. The van der Waals surface area contributed by atoms with Crippen molar-refractivity contribution < 1.29 is 9.47 Å². The van der Waals surface area contributed by atoms with Crippen LogP contribution >= 0.6 is 0 Å². The molecule has 29 heavy (non-hydrogen) atoms. The summed E-state index contributed by atoms with van der Waals surface area (Å²) >= 11 is 0. The summed E-state index contributed by atoms with van der Waals surface area (Å²) < 4.78 is 12.7. The van der Waals surface area contributed by atoms with Crippen molar-refractivity contribution in [2.45, 2.75) is 38.2 Å². The van der Waals surface area contributed by atoms with Crippen LogP contribution in [0.25, 0.3) is 0 Å². The Morgan fingerprint density at radius 3 is 2.41 bits per heavy atom. The molecule has 0 unspecified atom stereocenters. The van der Waals surface area contributed by atoms with Gasteiger partial charge >= 0.3 is 0 Å². The zero-order valence-corrected chi connectivity index (χ0v) is 16.9.